The van der Waals surface area contributed by atoms with E-state index in [1.54, 1.807) is 23.0 Å². The van der Waals surface area contributed by atoms with Crippen LogP contribution in [0.3, 0.4) is 0 Å². The Labute approximate surface area is 153 Å². The summed E-state index contributed by atoms with van der Waals surface area (Å²) in [6.07, 6.45) is 6.37. The summed E-state index contributed by atoms with van der Waals surface area (Å²) in [5.74, 6) is 1.76. The van der Waals surface area contributed by atoms with Gasteiger partial charge in [-0.2, -0.15) is 11.8 Å². The summed E-state index contributed by atoms with van der Waals surface area (Å²) >= 11 is 1.73. The van der Waals surface area contributed by atoms with Crippen molar-refractivity contribution in [3.05, 3.63) is 17.7 Å². The van der Waals surface area contributed by atoms with Gasteiger partial charge in [-0.1, -0.05) is 6.42 Å². The molecule has 6 nitrogen and oxygen atoms in total. The highest BCUT2D eigenvalue weighted by atomic mass is 32.2. The Morgan fingerprint density at radius 2 is 1.88 bits per heavy atom. The van der Waals surface area contributed by atoms with Gasteiger partial charge in [0.15, 0.2) is 0 Å². The normalized spacial score (nSPS) is 18.8. The third kappa shape index (κ3) is 4.64. The minimum Gasteiger partial charge on any atom is -0.348 e. The lowest BCUT2D eigenvalue weighted by atomic mass is 9.84. The smallest absolute Gasteiger partial charge is 0.232 e. The number of hydrogen-bond donors (Lipinski definition) is 2. The average Bonchev–Trinajstić information content (AvgIpc) is 2.98. The summed E-state index contributed by atoms with van der Waals surface area (Å²) in [7, 11) is 0. The molecule has 2 fully saturated rings. The maximum absolute atomic E-state index is 12.9. The molecule has 2 heterocycles. The summed E-state index contributed by atoms with van der Waals surface area (Å²) in [6, 6.07) is 0. The number of amides is 2. The van der Waals surface area contributed by atoms with Crippen LogP contribution in [0.4, 0.5) is 0 Å². The lowest BCUT2D eigenvalue weighted by molar-refractivity contribution is -0.151. The second-order valence-corrected chi connectivity index (χ2v) is 8.11. The largest absolute Gasteiger partial charge is 0.348 e. The third-order valence-corrected chi connectivity index (χ3v) is 6.26. The van der Waals surface area contributed by atoms with Crippen molar-refractivity contribution in [3.63, 3.8) is 0 Å². The number of nitrogens with one attached hydrogen (secondary N) is 2. The molecule has 2 N–H and O–H groups in total. The molecule has 1 aliphatic heterocycles. The summed E-state index contributed by atoms with van der Waals surface area (Å²) in [5.41, 5.74) is 2.13. The number of imide groups is 1. The van der Waals surface area contributed by atoms with Gasteiger partial charge >= 0.3 is 0 Å². The lowest BCUT2D eigenvalue weighted by Gasteiger charge is -2.33. The molecule has 25 heavy (non-hydrogen) atoms. The number of nitrogens with zero attached hydrogens (tertiary/aromatic N) is 2. The van der Waals surface area contributed by atoms with Crippen molar-refractivity contribution >= 4 is 23.6 Å². The first-order valence-corrected chi connectivity index (χ1v) is 10.4. The third-order valence-electron chi connectivity index (χ3n) is 5.31. The number of thioether (sulfide) groups is 1. The summed E-state index contributed by atoms with van der Waals surface area (Å²) in [5, 5.41) is 3.29. The van der Waals surface area contributed by atoms with Crippen LogP contribution in [0, 0.1) is 18.8 Å². The molecule has 0 bridgehead atoms. The number of aromatic amines is 1. The molecular weight excluding hydrogens is 336 g/mol. The van der Waals surface area contributed by atoms with Gasteiger partial charge in [-0.3, -0.25) is 14.5 Å². The molecule has 2 amide bonds. The van der Waals surface area contributed by atoms with Gasteiger partial charge in [-0.15, -0.1) is 0 Å². The molecule has 1 saturated heterocycles. The molecule has 2 aliphatic rings. The highest BCUT2D eigenvalue weighted by Crippen LogP contribution is 2.29. The van der Waals surface area contributed by atoms with E-state index in [1.807, 2.05) is 6.92 Å². The molecule has 0 atom stereocenters. The molecule has 0 unspecified atom stereocenters. The van der Waals surface area contributed by atoms with Crippen molar-refractivity contribution in [2.75, 3.05) is 25.4 Å². The number of imidazole rings is 1. The number of aryl methyl sites for hydroxylation is 1. The van der Waals surface area contributed by atoms with E-state index in [9.17, 15) is 9.59 Å². The van der Waals surface area contributed by atoms with Crippen LogP contribution in [0.25, 0.3) is 0 Å². The van der Waals surface area contributed by atoms with E-state index in [1.165, 1.54) is 0 Å². The van der Waals surface area contributed by atoms with Crippen LogP contribution < -0.4 is 5.32 Å². The maximum atomic E-state index is 12.9. The zero-order valence-corrected chi connectivity index (χ0v) is 15.7. The summed E-state index contributed by atoms with van der Waals surface area (Å²) in [4.78, 5) is 34.6. The molecule has 0 radical (unpaired) electrons. The Kier molecular flexibility index (Phi) is 6.53. The first kappa shape index (κ1) is 18.5. The van der Waals surface area contributed by atoms with Crippen LogP contribution in [-0.2, 0) is 15.3 Å². The highest BCUT2D eigenvalue weighted by Gasteiger charge is 2.35. The number of aromatic nitrogens is 2. The number of rotatable bonds is 7. The Morgan fingerprint density at radius 3 is 2.44 bits per heavy atom. The Morgan fingerprint density at radius 1 is 1.20 bits per heavy atom. The van der Waals surface area contributed by atoms with Gasteiger partial charge in [-0.05, 0) is 45.7 Å². The SMILES string of the molecule is Cc1[nH]cnc1CSCCN(C(=O)C1CCC1)C(=O)C1CCNCC1. The topological polar surface area (TPSA) is 78.1 Å². The van der Waals surface area contributed by atoms with Crippen molar-refractivity contribution in [3.8, 4) is 0 Å². The number of hydrogen-bond acceptors (Lipinski definition) is 5. The molecule has 1 aromatic rings. The Bertz CT molecular complexity index is 594. The second kappa shape index (κ2) is 8.85. The van der Waals surface area contributed by atoms with E-state index < -0.39 is 0 Å². The highest BCUT2D eigenvalue weighted by molar-refractivity contribution is 7.98. The second-order valence-electron chi connectivity index (χ2n) is 7.01. The average molecular weight is 365 g/mol. The molecule has 7 heteroatoms. The molecular formula is C18H28N4O2S. The van der Waals surface area contributed by atoms with Crippen LogP contribution in [0.5, 0.6) is 0 Å². The summed E-state index contributed by atoms with van der Waals surface area (Å²) < 4.78 is 0. The first-order valence-electron chi connectivity index (χ1n) is 9.29. The van der Waals surface area contributed by atoms with Crippen LogP contribution >= 0.6 is 11.8 Å². The van der Waals surface area contributed by atoms with E-state index in [0.717, 1.165) is 68.1 Å². The minimum atomic E-state index is 0.00358. The maximum Gasteiger partial charge on any atom is 0.232 e. The van der Waals surface area contributed by atoms with E-state index in [0.29, 0.717) is 6.54 Å². The van der Waals surface area contributed by atoms with E-state index >= 15 is 0 Å². The van der Waals surface area contributed by atoms with Crippen LogP contribution in [-0.4, -0.2) is 52.1 Å². The van der Waals surface area contributed by atoms with Crippen molar-refractivity contribution < 1.29 is 9.59 Å². The van der Waals surface area contributed by atoms with Gasteiger partial charge in [0.1, 0.15) is 0 Å². The zero-order valence-electron chi connectivity index (χ0n) is 14.9. The van der Waals surface area contributed by atoms with Crippen LogP contribution in [0.2, 0.25) is 0 Å². The molecule has 1 aromatic heterocycles. The van der Waals surface area contributed by atoms with Crippen LogP contribution in [0.15, 0.2) is 6.33 Å². The number of carbonyl (C=O) groups excluding carboxylic acids is 2. The standard InChI is InChI=1S/C18H28N4O2S/c1-13-16(21-12-20-13)11-25-10-9-22(17(23)14-3-2-4-14)18(24)15-5-7-19-8-6-15/h12,14-15,19H,2-11H2,1H3,(H,20,21). The van der Waals surface area contributed by atoms with E-state index in [4.69, 9.17) is 0 Å². The lowest BCUT2D eigenvalue weighted by Crippen LogP contribution is -2.48. The summed E-state index contributed by atoms with van der Waals surface area (Å²) in [6.45, 7) is 4.27. The fourth-order valence-electron chi connectivity index (χ4n) is 3.35. The number of piperidine rings is 1. The molecule has 1 aliphatic carbocycles. The molecule has 0 spiro atoms. The molecule has 3 rings (SSSR count). The van der Waals surface area contributed by atoms with E-state index in [-0.39, 0.29) is 23.7 Å². The van der Waals surface area contributed by atoms with E-state index in [2.05, 4.69) is 15.3 Å². The minimum absolute atomic E-state index is 0.00358. The molecule has 1 saturated carbocycles. The first-order chi connectivity index (χ1) is 12.2. The number of carbonyl (C=O) groups is 2. The van der Waals surface area contributed by atoms with Gasteiger partial charge < -0.3 is 10.3 Å². The van der Waals surface area contributed by atoms with Gasteiger partial charge in [-0.25, -0.2) is 4.98 Å². The fraction of sp³-hybridized carbons (Fsp3) is 0.722. The number of H-pyrrole nitrogens is 1. The Hall–Kier alpha value is -1.34. The van der Waals surface area contributed by atoms with Crippen molar-refractivity contribution in [1.82, 2.24) is 20.2 Å². The van der Waals surface area contributed by atoms with Crippen LogP contribution in [0.1, 0.15) is 43.5 Å². The van der Waals surface area contributed by atoms with Crippen molar-refractivity contribution in [2.45, 2.75) is 44.8 Å². The fourth-order valence-corrected chi connectivity index (χ4v) is 4.29. The van der Waals surface area contributed by atoms with Crippen molar-refractivity contribution in [1.29, 1.82) is 0 Å². The predicted octanol–water partition coefficient (Wildman–Crippen LogP) is 2.11. The van der Waals surface area contributed by atoms with Crippen molar-refractivity contribution in [2.24, 2.45) is 11.8 Å². The van der Waals surface area contributed by atoms with Gasteiger partial charge in [0.05, 0.1) is 12.0 Å². The monoisotopic (exact) mass is 364 g/mol. The molecule has 0 aromatic carbocycles. The predicted molar refractivity (Wildman–Crippen MR) is 99.1 cm³/mol. The van der Waals surface area contributed by atoms with Gasteiger partial charge in [0.25, 0.3) is 0 Å². The molecule has 138 valence electrons. The Balaban J connectivity index is 1.54. The zero-order chi connectivity index (χ0) is 17.6. The van der Waals surface area contributed by atoms with Gasteiger partial charge in [0.2, 0.25) is 11.8 Å². The quantitative estimate of drug-likeness (QED) is 0.572. The van der Waals surface area contributed by atoms with Gasteiger partial charge in [0, 0.05) is 35.6 Å².